The van der Waals surface area contributed by atoms with E-state index in [-0.39, 0.29) is 0 Å². The van der Waals surface area contributed by atoms with Crippen molar-refractivity contribution >= 4 is 4.02 Å². The Balaban J connectivity index is 3.35. The SMILES string of the molecule is CC(C)[C](=[W])NN. The Morgan fingerprint density at radius 2 is 2.14 bits per heavy atom. The van der Waals surface area contributed by atoms with Gasteiger partial charge in [0, 0.05) is 0 Å². The van der Waals surface area contributed by atoms with Gasteiger partial charge < -0.3 is 0 Å². The molecule has 0 saturated heterocycles. The Morgan fingerprint density at radius 3 is 2.14 bits per heavy atom. The molecule has 0 heterocycles. The molecule has 0 radical (unpaired) electrons. The maximum atomic E-state index is 5.11. The van der Waals surface area contributed by atoms with Crippen molar-refractivity contribution in [3.63, 3.8) is 0 Å². The van der Waals surface area contributed by atoms with Gasteiger partial charge >= 0.3 is 54.4 Å². The predicted octanol–water partition coefficient (Wildman–Crippen LogP) is -0.218. The summed E-state index contributed by atoms with van der Waals surface area (Å²) in [6.07, 6.45) is 0. The molecule has 0 aliphatic rings. The number of hydrazine groups is 1. The first-order valence-corrected chi connectivity index (χ1v) is 3.65. The monoisotopic (exact) mass is 270 g/mol. The van der Waals surface area contributed by atoms with Crippen LogP contribution in [0, 0.1) is 5.92 Å². The van der Waals surface area contributed by atoms with Crippen molar-refractivity contribution in [2.45, 2.75) is 13.8 Å². The molecular formula is C4H10N2W. The maximum absolute atomic E-state index is 5.11. The van der Waals surface area contributed by atoms with Crippen molar-refractivity contribution < 1.29 is 19.4 Å². The zero-order chi connectivity index (χ0) is 5.86. The molecule has 0 aliphatic heterocycles. The minimum atomic E-state index is 0.583. The van der Waals surface area contributed by atoms with E-state index in [1.165, 1.54) is 23.4 Å². The number of rotatable bonds is 2. The van der Waals surface area contributed by atoms with Crippen molar-refractivity contribution in [2.75, 3.05) is 0 Å². The van der Waals surface area contributed by atoms with Gasteiger partial charge in [-0.05, 0) is 0 Å². The molecule has 0 spiro atoms. The van der Waals surface area contributed by atoms with Crippen LogP contribution in [0.15, 0.2) is 0 Å². The molecule has 2 nitrogen and oxygen atoms in total. The van der Waals surface area contributed by atoms with Gasteiger partial charge in [0.1, 0.15) is 0 Å². The van der Waals surface area contributed by atoms with Gasteiger partial charge in [0.05, 0.1) is 0 Å². The summed E-state index contributed by atoms with van der Waals surface area (Å²) in [6, 6.07) is 0. The summed E-state index contributed by atoms with van der Waals surface area (Å²) >= 11 is 1.42. The van der Waals surface area contributed by atoms with Crippen LogP contribution in [0.25, 0.3) is 0 Å². The van der Waals surface area contributed by atoms with Crippen molar-refractivity contribution in [3.05, 3.63) is 0 Å². The number of hydrogen-bond acceptors (Lipinski definition) is 2. The van der Waals surface area contributed by atoms with Crippen LogP contribution in [0.5, 0.6) is 0 Å². The van der Waals surface area contributed by atoms with E-state index >= 15 is 0 Å². The van der Waals surface area contributed by atoms with E-state index in [1.807, 2.05) is 0 Å². The van der Waals surface area contributed by atoms with E-state index < -0.39 is 0 Å². The quantitative estimate of drug-likeness (QED) is 0.538. The van der Waals surface area contributed by atoms with Crippen molar-refractivity contribution in [3.8, 4) is 0 Å². The molecule has 0 saturated carbocycles. The average Bonchev–Trinajstić information content (AvgIpc) is 1.65. The number of nitrogens with two attached hydrogens (primary N) is 1. The summed E-state index contributed by atoms with van der Waals surface area (Å²) in [4.78, 5) is 0. The molecule has 0 aromatic rings. The third-order valence-corrected chi connectivity index (χ3v) is 2.78. The second-order valence-electron chi connectivity index (χ2n) is 1.66. The van der Waals surface area contributed by atoms with Crippen molar-refractivity contribution in [1.82, 2.24) is 5.43 Å². The van der Waals surface area contributed by atoms with E-state index in [0.717, 1.165) is 0 Å². The summed E-state index contributed by atoms with van der Waals surface area (Å²) in [7, 11) is 0. The second-order valence-corrected chi connectivity index (χ2v) is 3.24. The van der Waals surface area contributed by atoms with E-state index in [4.69, 9.17) is 5.84 Å². The molecule has 42 valence electrons. The van der Waals surface area contributed by atoms with Gasteiger partial charge in [0.15, 0.2) is 0 Å². The van der Waals surface area contributed by atoms with E-state index in [1.54, 1.807) is 0 Å². The van der Waals surface area contributed by atoms with E-state index in [2.05, 4.69) is 19.3 Å². The van der Waals surface area contributed by atoms with Gasteiger partial charge in [-0.2, -0.15) is 0 Å². The second kappa shape index (κ2) is 3.48. The molecule has 0 fully saturated rings. The van der Waals surface area contributed by atoms with Crippen LogP contribution in [0.4, 0.5) is 0 Å². The van der Waals surface area contributed by atoms with Gasteiger partial charge in [-0.25, -0.2) is 0 Å². The third kappa shape index (κ3) is 3.10. The normalized spacial score (nSPS) is 9.71. The molecule has 3 N–H and O–H groups in total. The first-order valence-electron chi connectivity index (χ1n) is 2.19. The zero-order valence-corrected chi connectivity index (χ0v) is 7.50. The van der Waals surface area contributed by atoms with Gasteiger partial charge in [-0.1, -0.05) is 0 Å². The molecule has 0 aromatic heterocycles. The molecule has 7 heavy (non-hydrogen) atoms. The molecule has 0 unspecified atom stereocenters. The molecule has 0 amide bonds. The first kappa shape index (κ1) is 7.48. The summed E-state index contributed by atoms with van der Waals surface area (Å²) in [6.45, 7) is 4.23. The average molecular weight is 270 g/mol. The van der Waals surface area contributed by atoms with Crippen molar-refractivity contribution in [1.29, 1.82) is 0 Å². The number of hydrogen-bond donors (Lipinski definition) is 2. The van der Waals surface area contributed by atoms with Crippen LogP contribution in [-0.4, -0.2) is 4.02 Å². The number of nitrogens with one attached hydrogen (secondary N) is 1. The van der Waals surface area contributed by atoms with Gasteiger partial charge in [-0.3, -0.25) is 0 Å². The fraction of sp³-hybridized carbons (Fsp3) is 0.750. The Morgan fingerprint density at radius 1 is 1.71 bits per heavy atom. The zero-order valence-electron chi connectivity index (χ0n) is 4.56. The molecule has 0 aromatic carbocycles. The van der Waals surface area contributed by atoms with Gasteiger partial charge in [0.25, 0.3) is 0 Å². The van der Waals surface area contributed by atoms with Crippen LogP contribution in [-0.2, 0) is 19.4 Å². The van der Waals surface area contributed by atoms with Crippen LogP contribution in [0.3, 0.4) is 0 Å². The molecule has 0 aliphatic carbocycles. The van der Waals surface area contributed by atoms with Crippen LogP contribution >= 0.6 is 0 Å². The van der Waals surface area contributed by atoms with Crippen LogP contribution < -0.4 is 11.3 Å². The Kier molecular flexibility index (Phi) is 3.71. The van der Waals surface area contributed by atoms with E-state index in [0.29, 0.717) is 5.92 Å². The predicted molar refractivity (Wildman–Crippen MR) is 27.2 cm³/mol. The summed E-state index contributed by atoms with van der Waals surface area (Å²) in [5, 5.41) is 0. The molecule has 3 heteroatoms. The Labute approximate surface area is 54.8 Å². The van der Waals surface area contributed by atoms with Crippen LogP contribution in [0.1, 0.15) is 13.8 Å². The Bertz CT molecular complexity index is 70.1. The van der Waals surface area contributed by atoms with Gasteiger partial charge in [0.2, 0.25) is 0 Å². The summed E-state index contributed by atoms with van der Waals surface area (Å²) < 4.78 is 1.21. The van der Waals surface area contributed by atoms with E-state index in [9.17, 15) is 0 Å². The topological polar surface area (TPSA) is 38.0 Å². The summed E-state index contributed by atoms with van der Waals surface area (Å²) in [5.74, 6) is 5.69. The summed E-state index contributed by atoms with van der Waals surface area (Å²) in [5.41, 5.74) is 2.62. The molecular weight excluding hydrogens is 260 g/mol. The molecule has 0 bridgehead atoms. The fourth-order valence-electron chi connectivity index (χ4n) is 0.167. The van der Waals surface area contributed by atoms with Crippen LogP contribution in [0.2, 0.25) is 0 Å². The molecule has 0 rings (SSSR count). The minimum absolute atomic E-state index is 0.583. The van der Waals surface area contributed by atoms with Crippen molar-refractivity contribution in [2.24, 2.45) is 11.8 Å². The molecule has 0 atom stereocenters. The fourth-order valence-corrected chi connectivity index (χ4v) is 0.167. The first-order chi connectivity index (χ1) is 3.18. The Hall–Kier alpha value is 0.478. The van der Waals surface area contributed by atoms with Gasteiger partial charge in [-0.15, -0.1) is 0 Å². The third-order valence-electron chi connectivity index (χ3n) is 0.667. The standard InChI is InChI=1S/C4H10N2.W/c1-4(2)3-6-5;/h4,6H,5H2,1-2H3;.